The summed E-state index contributed by atoms with van der Waals surface area (Å²) in [6.45, 7) is 2.67. The largest absolute Gasteiger partial charge is 0.493 e. The first kappa shape index (κ1) is 17.8. The Labute approximate surface area is 164 Å². The molecular formula is C19H18N4O2S2. The summed E-state index contributed by atoms with van der Waals surface area (Å²) in [5.41, 5.74) is 1.66. The first-order valence-electron chi connectivity index (χ1n) is 8.61. The Morgan fingerprint density at radius 2 is 2.07 bits per heavy atom. The number of hydrogen-bond donors (Lipinski definition) is 1. The zero-order valence-electron chi connectivity index (χ0n) is 14.7. The van der Waals surface area contributed by atoms with Crippen molar-refractivity contribution in [3.8, 4) is 16.5 Å². The molecule has 4 rings (SSSR count). The molecule has 0 aliphatic carbocycles. The van der Waals surface area contributed by atoms with Gasteiger partial charge in [0.1, 0.15) is 5.75 Å². The van der Waals surface area contributed by atoms with Gasteiger partial charge in [-0.2, -0.15) is 0 Å². The SMILES string of the molecule is CCc1ccc(OCCSc2nc(-c3cccs3)nc3cc(=O)[nH]n23)cc1. The van der Waals surface area contributed by atoms with Crippen LogP contribution in [0.25, 0.3) is 16.3 Å². The van der Waals surface area contributed by atoms with Gasteiger partial charge in [-0.25, -0.2) is 14.5 Å². The molecule has 0 spiro atoms. The highest BCUT2D eigenvalue weighted by Crippen LogP contribution is 2.24. The Hall–Kier alpha value is -2.58. The van der Waals surface area contributed by atoms with Gasteiger partial charge in [-0.1, -0.05) is 36.9 Å². The van der Waals surface area contributed by atoms with Crippen molar-refractivity contribution in [1.29, 1.82) is 0 Å². The fourth-order valence-corrected chi connectivity index (χ4v) is 4.04. The van der Waals surface area contributed by atoms with Crippen molar-refractivity contribution in [3.05, 3.63) is 63.8 Å². The fourth-order valence-electron chi connectivity index (χ4n) is 2.61. The monoisotopic (exact) mass is 398 g/mol. The first-order valence-corrected chi connectivity index (χ1v) is 10.5. The second kappa shape index (κ2) is 7.98. The van der Waals surface area contributed by atoms with E-state index in [1.54, 1.807) is 15.9 Å². The molecule has 0 radical (unpaired) electrons. The van der Waals surface area contributed by atoms with E-state index >= 15 is 0 Å². The van der Waals surface area contributed by atoms with Crippen LogP contribution < -0.4 is 10.3 Å². The highest BCUT2D eigenvalue weighted by atomic mass is 32.2. The second-order valence-corrected chi connectivity index (χ2v) is 7.83. The van der Waals surface area contributed by atoms with E-state index in [1.165, 1.54) is 23.4 Å². The van der Waals surface area contributed by atoms with Crippen LogP contribution in [0.3, 0.4) is 0 Å². The minimum absolute atomic E-state index is 0.193. The van der Waals surface area contributed by atoms with Crippen molar-refractivity contribution in [2.45, 2.75) is 18.5 Å². The highest BCUT2D eigenvalue weighted by molar-refractivity contribution is 7.99. The molecule has 1 aromatic carbocycles. The number of thiophene rings is 1. The number of aromatic nitrogens is 4. The predicted octanol–water partition coefficient (Wildman–Crippen LogP) is 3.88. The van der Waals surface area contributed by atoms with Crippen LogP contribution in [0.15, 0.2) is 57.8 Å². The molecule has 4 aromatic rings. The molecule has 3 heterocycles. The number of ether oxygens (including phenoxy) is 1. The Balaban J connectivity index is 1.48. The highest BCUT2D eigenvalue weighted by Gasteiger charge is 2.12. The molecule has 0 amide bonds. The predicted molar refractivity (Wildman–Crippen MR) is 109 cm³/mol. The van der Waals surface area contributed by atoms with E-state index in [-0.39, 0.29) is 5.56 Å². The number of rotatable bonds is 7. The van der Waals surface area contributed by atoms with Gasteiger partial charge in [0.15, 0.2) is 16.6 Å². The molecule has 0 bridgehead atoms. The minimum atomic E-state index is -0.193. The number of thioether (sulfide) groups is 1. The van der Waals surface area contributed by atoms with Gasteiger partial charge in [0.05, 0.1) is 11.5 Å². The maximum Gasteiger partial charge on any atom is 0.266 e. The summed E-state index contributed by atoms with van der Waals surface area (Å²) in [6.07, 6.45) is 1.02. The lowest BCUT2D eigenvalue weighted by Crippen LogP contribution is -2.06. The molecule has 8 heteroatoms. The third-order valence-corrected chi connectivity index (χ3v) is 5.75. The van der Waals surface area contributed by atoms with Gasteiger partial charge in [-0.3, -0.25) is 9.89 Å². The van der Waals surface area contributed by atoms with Crippen molar-refractivity contribution in [2.24, 2.45) is 0 Å². The molecular weight excluding hydrogens is 380 g/mol. The van der Waals surface area contributed by atoms with Crippen LogP contribution in [0, 0.1) is 0 Å². The van der Waals surface area contributed by atoms with Crippen LogP contribution in [0.4, 0.5) is 0 Å². The molecule has 3 aromatic heterocycles. The molecule has 0 unspecified atom stereocenters. The second-order valence-electron chi connectivity index (χ2n) is 5.82. The van der Waals surface area contributed by atoms with Gasteiger partial charge >= 0.3 is 0 Å². The van der Waals surface area contributed by atoms with Gasteiger partial charge in [-0.05, 0) is 35.6 Å². The summed E-state index contributed by atoms with van der Waals surface area (Å²) in [5.74, 6) is 2.18. The third kappa shape index (κ3) is 4.06. The summed E-state index contributed by atoms with van der Waals surface area (Å²) in [5, 5.41) is 5.42. The van der Waals surface area contributed by atoms with Crippen molar-refractivity contribution in [2.75, 3.05) is 12.4 Å². The van der Waals surface area contributed by atoms with Crippen LogP contribution in [0.1, 0.15) is 12.5 Å². The number of fused-ring (bicyclic) bond motifs is 1. The number of aryl methyl sites for hydroxylation is 1. The molecule has 0 saturated carbocycles. The lowest BCUT2D eigenvalue weighted by atomic mass is 10.2. The van der Waals surface area contributed by atoms with E-state index in [0.717, 1.165) is 17.0 Å². The molecule has 0 atom stereocenters. The quantitative estimate of drug-likeness (QED) is 0.378. The van der Waals surface area contributed by atoms with Gasteiger partial charge in [0.2, 0.25) is 0 Å². The average Bonchev–Trinajstić information content (AvgIpc) is 3.34. The maximum absolute atomic E-state index is 11.7. The maximum atomic E-state index is 11.7. The van der Waals surface area contributed by atoms with E-state index < -0.39 is 0 Å². The Bertz CT molecular complexity index is 1090. The van der Waals surface area contributed by atoms with E-state index in [9.17, 15) is 4.79 Å². The summed E-state index contributed by atoms with van der Waals surface area (Å²) in [6, 6.07) is 13.5. The van der Waals surface area contributed by atoms with Gasteiger partial charge in [0.25, 0.3) is 5.56 Å². The molecule has 138 valence electrons. The number of nitrogens with zero attached hydrogens (tertiary/aromatic N) is 3. The van der Waals surface area contributed by atoms with Crippen LogP contribution in [0.5, 0.6) is 5.75 Å². The molecule has 1 N–H and O–H groups in total. The van der Waals surface area contributed by atoms with E-state index in [1.807, 2.05) is 29.6 Å². The van der Waals surface area contributed by atoms with Crippen molar-refractivity contribution in [1.82, 2.24) is 19.6 Å². The fraction of sp³-hybridized carbons (Fsp3) is 0.211. The van der Waals surface area contributed by atoms with E-state index in [2.05, 4.69) is 34.1 Å². The molecule has 0 aliphatic heterocycles. The third-order valence-electron chi connectivity index (χ3n) is 3.98. The standard InChI is InChI=1S/C19H18N4O2S2/c1-2-13-5-7-14(8-6-13)25-9-11-27-19-21-18(15-4-3-10-26-15)20-16-12-17(24)22-23(16)19/h3-8,10,12H,2,9,11H2,1H3,(H,22,24). The summed E-state index contributed by atoms with van der Waals surface area (Å²) in [4.78, 5) is 21.8. The summed E-state index contributed by atoms with van der Waals surface area (Å²) in [7, 11) is 0. The number of aromatic amines is 1. The average molecular weight is 399 g/mol. The van der Waals surface area contributed by atoms with Crippen LogP contribution in [0.2, 0.25) is 0 Å². The molecule has 27 heavy (non-hydrogen) atoms. The van der Waals surface area contributed by atoms with Crippen LogP contribution in [-0.4, -0.2) is 31.9 Å². The lowest BCUT2D eigenvalue weighted by Gasteiger charge is -2.08. The zero-order valence-corrected chi connectivity index (χ0v) is 16.3. The number of benzene rings is 1. The van der Waals surface area contributed by atoms with Crippen molar-refractivity contribution >= 4 is 28.7 Å². The van der Waals surface area contributed by atoms with Gasteiger partial charge in [0, 0.05) is 11.8 Å². The van der Waals surface area contributed by atoms with Gasteiger partial charge < -0.3 is 4.74 Å². The molecule has 0 saturated heterocycles. The Morgan fingerprint density at radius 3 is 2.81 bits per heavy atom. The Morgan fingerprint density at radius 1 is 1.22 bits per heavy atom. The number of nitrogens with one attached hydrogen (secondary N) is 1. The Kier molecular flexibility index (Phi) is 5.26. The smallest absolute Gasteiger partial charge is 0.266 e. The van der Waals surface area contributed by atoms with Crippen molar-refractivity contribution in [3.63, 3.8) is 0 Å². The number of hydrogen-bond acceptors (Lipinski definition) is 6. The normalized spacial score (nSPS) is 11.1. The van der Waals surface area contributed by atoms with Crippen LogP contribution in [-0.2, 0) is 6.42 Å². The first-order chi connectivity index (χ1) is 13.2. The molecule has 0 fully saturated rings. The minimum Gasteiger partial charge on any atom is -0.493 e. The van der Waals surface area contributed by atoms with Gasteiger partial charge in [-0.15, -0.1) is 11.3 Å². The van der Waals surface area contributed by atoms with Crippen molar-refractivity contribution < 1.29 is 4.74 Å². The summed E-state index contributed by atoms with van der Waals surface area (Å²) >= 11 is 3.10. The molecule has 0 aliphatic rings. The van der Waals surface area contributed by atoms with E-state index in [4.69, 9.17) is 4.74 Å². The zero-order chi connectivity index (χ0) is 18.6. The topological polar surface area (TPSA) is 72.3 Å². The molecule has 6 nitrogen and oxygen atoms in total. The summed E-state index contributed by atoms with van der Waals surface area (Å²) < 4.78 is 7.43. The van der Waals surface area contributed by atoms with E-state index in [0.29, 0.717) is 29.0 Å². The lowest BCUT2D eigenvalue weighted by molar-refractivity contribution is 0.343. The number of H-pyrrole nitrogens is 1. The van der Waals surface area contributed by atoms with Crippen LogP contribution >= 0.6 is 23.1 Å².